The van der Waals surface area contributed by atoms with Gasteiger partial charge in [0.05, 0.1) is 6.10 Å². The molecule has 3 aliphatic rings. The predicted molar refractivity (Wildman–Crippen MR) is 135 cm³/mol. The van der Waals surface area contributed by atoms with Crippen LogP contribution in [0.2, 0.25) is 0 Å². The Kier molecular flexibility index (Phi) is 9.67. The van der Waals surface area contributed by atoms with E-state index in [0.29, 0.717) is 41.7 Å². The fraction of sp³-hybridized carbons (Fsp3) is 0.600. The van der Waals surface area contributed by atoms with Crippen LogP contribution in [0.5, 0.6) is 0 Å². The fourth-order valence-corrected chi connectivity index (χ4v) is 5.44. The van der Waals surface area contributed by atoms with Gasteiger partial charge in [-0.2, -0.15) is 0 Å². The van der Waals surface area contributed by atoms with Crippen LogP contribution in [0.15, 0.2) is 48.1 Å². The van der Waals surface area contributed by atoms with Crippen LogP contribution >= 0.6 is 0 Å². The van der Waals surface area contributed by atoms with Gasteiger partial charge in [-0.1, -0.05) is 63.3 Å². The Balaban J connectivity index is 0.000000186. The highest BCUT2D eigenvalue weighted by molar-refractivity contribution is 5.96. The summed E-state index contributed by atoms with van der Waals surface area (Å²) in [5, 5.41) is 0. The maximum absolute atomic E-state index is 11.8. The third-order valence-electron chi connectivity index (χ3n) is 8.02. The first-order chi connectivity index (χ1) is 15.9. The fourth-order valence-electron chi connectivity index (χ4n) is 5.44. The lowest BCUT2D eigenvalue weighted by molar-refractivity contribution is -0.121. The van der Waals surface area contributed by atoms with E-state index < -0.39 is 0 Å². The summed E-state index contributed by atoms with van der Waals surface area (Å²) in [6.45, 7) is 9.26. The number of benzene rings is 1. The number of hydrogen-bond acceptors (Lipinski definition) is 3. The van der Waals surface area contributed by atoms with E-state index in [0.717, 1.165) is 44.3 Å². The van der Waals surface area contributed by atoms with E-state index in [4.69, 9.17) is 4.74 Å². The number of allylic oxidation sites excluding steroid dienone is 4. The molecule has 0 N–H and O–H groups in total. The van der Waals surface area contributed by atoms with Crippen molar-refractivity contribution in [1.82, 2.24) is 0 Å². The molecule has 3 nitrogen and oxygen atoms in total. The molecular weight excluding hydrogens is 408 g/mol. The van der Waals surface area contributed by atoms with E-state index >= 15 is 0 Å². The minimum Gasteiger partial charge on any atom is -0.378 e. The molecule has 33 heavy (non-hydrogen) atoms. The Hall–Kier alpha value is -2.00. The standard InChI is InChI=1S/C16H22O.C14H20O2/c1-3-13-6-4-5-7-16(13)15-10-8-14(9-11-15)12(2)17;1-10-9-16-14(11(10)2)8-7-13(15)12-5-3-4-6-12/h4-7,14-15H,3,8-11H2,1-2H3;3-5,10-11,14H,6-9H2,1-2H3/t;10-,11-,14?/m.0/s1. The first kappa shape index (κ1) is 25.6. The second-order valence-corrected chi connectivity index (χ2v) is 10.2. The molecule has 1 unspecified atom stereocenters. The van der Waals surface area contributed by atoms with Crippen LogP contribution < -0.4 is 0 Å². The Morgan fingerprint density at radius 1 is 1.06 bits per heavy atom. The lowest BCUT2D eigenvalue weighted by Crippen LogP contribution is -2.19. The first-order valence-corrected chi connectivity index (χ1v) is 13.0. The zero-order valence-electron chi connectivity index (χ0n) is 21.0. The van der Waals surface area contributed by atoms with Crippen molar-refractivity contribution in [2.75, 3.05) is 6.61 Å². The first-order valence-electron chi connectivity index (χ1n) is 13.0. The Bertz CT molecular complexity index is 857. The van der Waals surface area contributed by atoms with E-state index in [1.54, 1.807) is 6.92 Å². The van der Waals surface area contributed by atoms with Crippen LogP contribution in [0, 0.1) is 17.8 Å². The Labute approximate surface area is 200 Å². The quantitative estimate of drug-likeness (QED) is 0.449. The van der Waals surface area contributed by atoms with Crippen molar-refractivity contribution in [3.63, 3.8) is 0 Å². The number of carbonyl (C=O) groups excluding carboxylic acids is 2. The molecule has 0 spiro atoms. The molecule has 3 atom stereocenters. The van der Waals surface area contributed by atoms with Gasteiger partial charge in [0.15, 0.2) is 5.78 Å². The number of ether oxygens (including phenoxy) is 1. The number of hydrogen-bond donors (Lipinski definition) is 0. The van der Waals surface area contributed by atoms with E-state index in [1.807, 2.05) is 18.2 Å². The molecule has 4 rings (SSSR count). The number of aryl methyl sites for hydroxylation is 1. The maximum atomic E-state index is 11.8. The molecule has 0 bridgehead atoms. The average Bonchev–Trinajstić information content (AvgIpc) is 3.49. The molecule has 1 saturated carbocycles. The summed E-state index contributed by atoms with van der Waals surface area (Å²) in [6.07, 6.45) is 14.2. The molecular formula is C30H42O3. The largest absolute Gasteiger partial charge is 0.378 e. The average molecular weight is 451 g/mol. The van der Waals surface area contributed by atoms with Gasteiger partial charge in [-0.05, 0) is 86.3 Å². The molecule has 0 aromatic heterocycles. The highest BCUT2D eigenvalue weighted by atomic mass is 16.5. The smallest absolute Gasteiger partial charge is 0.159 e. The highest BCUT2D eigenvalue weighted by Crippen LogP contribution is 2.37. The van der Waals surface area contributed by atoms with Gasteiger partial charge >= 0.3 is 0 Å². The summed E-state index contributed by atoms with van der Waals surface area (Å²) >= 11 is 0. The zero-order valence-corrected chi connectivity index (χ0v) is 21.0. The Morgan fingerprint density at radius 3 is 2.36 bits per heavy atom. The van der Waals surface area contributed by atoms with Crippen LogP contribution in [0.4, 0.5) is 0 Å². The number of carbonyl (C=O) groups is 2. The van der Waals surface area contributed by atoms with E-state index in [1.165, 1.54) is 24.0 Å². The van der Waals surface area contributed by atoms with Crippen LogP contribution in [-0.4, -0.2) is 24.3 Å². The summed E-state index contributed by atoms with van der Waals surface area (Å²) < 4.78 is 5.70. The molecule has 1 aromatic carbocycles. The predicted octanol–water partition coefficient (Wildman–Crippen LogP) is 7.00. The number of ketones is 2. The highest BCUT2D eigenvalue weighted by Gasteiger charge is 2.31. The molecule has 2 aliphatic carbocycles. The lowest BCUT2D eigenvalue weighted by atomic mass is 9.76. The van der Waals surface area contributed by atoms with Crippen molar-refractivity contribution in [2.45, 2.75) is 91.1 Å². The van der Waals surface area contributed by atoms with Gasteiger partial charge < -0.3 is 4.74 Å². The van der Waals surface area contributed by atoms with Crippen LogP contribution in [-0.2, 0) is 20.7 Å². The van der Waals surface area contributed by atoms with Crippen LogP contribution in [0.3, 0.4) is 0 Å². The van der Waals surface area contributed by atoms with Crippen molar-refractivity contribution in [1.29, 1.82) is 0 Å². The molecule has 1 aliphatic heterocycles. The minimum atomic E-state index is 0.286. The molecule has 0 radical (unpaired) electrons. The molecule has 2 fully saturated rings. The van der Waals surface area contributed by atoms with Gasteiger partial charge in [0.25, 0.3) is 0 Å². The molecule has 1 saturated heterocycles. The molecule has 1 aromatic rings. The van der Waals surface area contributed by atoms with Crippen molar-refractivity contribution in [2.24, 2.45) is 17.8 Å². The summed E-state index contributed by atoms with van der Waals surface area (Å²) in [5.41, 5.74) is 3.97. The van der Waals surface area contributed by atoms with E-state index in [-0.39, 0.29) is 6.10 Å². The zero-order chi connectivity index (χ0) is 23.8. The van der Waals surface area contributed by atoms with Crippen molar-refractivity contribution in [3.8, 4) is 0 Å². The van der Waals surface area contributed by atoms with Crippen LogP contribution in [0.25, 0.3) is 0 Å². The summed E-state index contributed by atoms with van der Waals surface area (Å²) in [4.78, 5) is 23.2. The van der Waals surface area contributed by atoms with Crippen molar-refractivity contribution in [3.05, 3.63) is 59.2 Å². The Morgan fingerprint density at radius 2 is 1.79 bits per heavy atom. The lowest BCUT2D eigenvalue weighted by Gasteiger charge is -2.28. The van der Waals surface area contributed by atoms with Crippen molar-refractivity contribution >= 4 is 11.6 Å². The molecule has 1 heterocycles. The third kappa shape index (κ3) is 6.99. The second-order valence-electron chi connectivity index (χ2n) is 10.2. The van der Waals surface area contributed by atoms with Gasteiger partial charge in [0.1, 0.15) is 5.78 Å². The van der Waals surface area contributed by atoms with Gasteiger partial charge in [0, 0.05) is 18.9 Å². The van der Waals surface area contributed by atoms with E-state index in [2.05, 4.69) is 45.0 Å². The van der Waals surface area contributed by atoms with Crippen LogP contribution in [0.1, 0.15) is 89.7 Å². The number of rotatable bonds is 7. The molecule has 0 amide bonds. The molecule has 180 valence electrons. The normalized spacial score (nSPS) is 28.7. The maximum Gasteiger partial charge on any atom is 0.159 e. The van der Waals surface area contributed by atoms with Gasteiger partial charge in [0.2, 0.25) is 0 Å². The summed E-state index contributed by atoms with van der Waals surface area (Å²) in [6, 6.07) is 8.79. The SMILES string of the molecule is CCc1ccccc1C1CCC(C(C)=O)CC1.C[C@@H]1C(CCC(=O)C2=CC=CC2)OC[C@@H]1C. The minimum absolute atomic E-state index is 0.286. The number of Topliss-reactive ketones (excluding diaryl/α,β-unsaturated/α-hetero) is 2. The van der Waals surface area contributed by atoms with Crippen molar-refractivity contribution < 1.29 is 14.3 Å². The van der Waals surface area contributed by atoms with Gasteiger partial charge in [-0.3, -0.25) is 9.59 Å². The van der Waals surface area contributed by atoms with Gasteiger partial charge in [-0.25, -0.2) is 0 Å². The van der Waals surface area contributed by atoms with Gasteiger partial charge in [-0.15, -0.1) is 0 Å². The van der Waals surface area contributed by atoms with E-state index in [9.17, 15) is 9.59 Å². The summed E-state index contributed by atoms with van der Waals surface area (Å²) in [5.74, 6) is 2.91. The third-order valence-corrected chi connectivity index (χ3v) is 8.02. The summed E-state index contributed by atoms with van der Waals surface area (Å²) in [7, 11) is 0. The monoisotopic (exact) mass is 450 g/mol. The molecule has 3 heteroatoms. The topological polar surface area (TPSA) is 43.4 Å². The second kappa shape index (κ2) is 12.5.